The van der Waals surface area contributed by atoms with Gasteiger partial charge in [0.15, 0.2) is 0 Å². The second kappa shape index (κ2) is 7.01. The summed E-state index contributed by atoms with van der Waals surface area (Å²) in [7, 11) is -3.94. The van der Waals surface area contributed by atoms with Crippen molar-refractivity contribution in [3.05, 3.63) is 17.0 Å². The van der Waals surface area contributed by atoms with E-state index >= 15 is 0 Å². The van der Waals surface area contributed by atoms with Crippen LogP contribution in [0.1, 0.15) is 30.4 Å². The summed E-state index contributed by atoms with van der Waals surface area (Å²) in [5.41, 5.74) is 0. The Balaban J connectivity index is 3.09. The van der Waals surface area contributed by atoms with Gasteiger partial charge in [0, 0.05) is 6.04 Å². The Hall–Kier alpha value is -1.45. The van der Waals surface area contributed by atoms with Crippen LogP contribution in [0.3, 0.4) is 0 Å². The maximum atomic E-state index is 12.5. The zero-order chi connectivity index (χ0) is 16.2. The lowest BCUT2D eigenvalue weighted by atomic mass is 10.4. The number of nitrogens with zero attached hydrogens (tertiary/aromatic N) is 1. The summed E-state index contributed by atoms with van der Waals surface area (Å²) in [4.78, 5) is 22.3. The summed E-state index contributed by atoms with van der Waals surface area (Å²) in [5, 5.41) is 8.85. The Morgan fingerprint density at radius 1 is 1.38 bits per heavy atom. The van der Waals surface area contributed by atoms with Gasteiger partial charge in [-0.1, -0.05) is 0 Å². The lowest BCUT2D eigenvalue weighted by Gasteiger charge is -2.24. The van der Waals surface area contributed by atoms with Crippen molar-refractivity contribution in [2.75, 3.05) is 13.2 Å². The maximum Gasteiger partial charge on any atom is 0.345 e. The molecule has 118 valence electrons. The van der Waals surface area contributed by atoms with E-state index in [1.807, 2.05) is 0 Å². The zero-order valence-corrected chi connectivity index (χ0v) is 13.5. The van der Waals surface area contributed by atoms with Crippen molar-refractivity contribution >= 4 is 33.3 Å². The predicted molar refractivity (Wildman–Crippen MR) is 76.9 cm³/mol. The van der Waals surface area contributed by atoms with Crippen molar-refractivity contribution in [1.82, 2.24) is 4.31 Å². The van der Waals surface area contributed by atoms with Crippen LogP contribution >= 0.6 is 11.3 Å². The molecule has 0 aliphatic rings. The van der Waals surface area contributed by atoms with Gasteiger partial charge in [-0.05, 0) is 32.9 Å². The van der Waals surface area contributed by atoms with E-state index in [4.69, 9.17) is 9.84 Å². The summed E-state index contributed by atoms with van der Waals surface area (Å²) < 4.78 is 30.6. The van der Waals surface area contributed by atoms with Crippen molar-refractivity contribution < 1.29 is 27.9 Å². The van der Waals surface area contributed by atoms with Crippen molar-refractivity contribution in [2.24, 2.45) is 0 Å². The number of thiophene rings is 1. The van der Waals surface area contributed by atoms with Crippen LogP contribution in [0.4, 0.5) is 0 Å². The molecule has 9 heteroatoms. The number of esters is 1. The minimum absolute atomic E-state index is 0.0755. The van der Waals surface area contributed by atoms with Crippen LogP contribution < -0.4 is 0 Å². The van der Waals surface area contributed by atoms with Crippen LogP contribution in [-0.2, 0) is 19.6 Å². The third-order valence-electron chi connectivity index (χ3n) is 2.52. The predicted octanol–water partition coefficient (Wildman–Crippen LogP) is 1.41. The smallest absolute Gasteiger partial charge is 0.345 e. The summed E-state index contributed by atoms with van der Waals surface area (Å²) in [5.74, 6) is -1.84. The molecule has 0 unspecified atom stereocenters. The first-order valence-electron chi connectivity index (χ1n) is 6.20. The number of rotatable bonds is 7. The second-order valence-corrected chi connectivity index (χ2v) is 7.57. The van der Waals surface area contributed by atoms with Crippen LogP contribution in [-0.4, -0.2) is 49.0 Å². The number of carbonyl (C=O) groups excluding carboxylic acids is 1. The van der Waals surface area contributed by atoms with E-state index in [2.05, 4.69) is 0 Å². The van der Waals surface area contributed by atoms with Crippen LogP contribution in [0, 0.1) is 0 Å². The summed E-state index contributed by atoms with van der Waals surface area (Å²) in [6, 6.07) is 1.99. The van der Waals surface area contributed by atoms with Gasteiger partial charge in [-0.3, -0.25) is 4.79 Å². The highest BCUT2D eigenvalue weighted by Crippen LogP contribution is 2.26. The number of carboxylic acids is 1. The zero-order valence-electron chi connectivity index (χ0n) is 11.9. The third kappa shape index (κ3) is 4.26. The van der Waals surface area contributed by atoms with Gasteiger partial charge in [-0.15, -0.1) is 11.3 Å². The quantitative estimate of drug-likeness (QED) is 0.756. The average Bonchev–Trinajstić information content (AvgIpc) is 2.86. The van der Waals surface area contributed by atoms with Crippen molar-refractivity contribution in [3.63, 3.8) is 0 Å². The van der Waals surface area contributed by atoms with Gasteiger partial charge in [0.2, 0.25) is 0 Å². The molecule has 0 bridgehead atoms. The number of aromatic carboxylic acids is 1. The number of carboxylic acid groups (broad SMARTS) is 1. The van der Waals surface area contributed by atoms with Gasteiger partial charge < -0.3 is 9.84 Å². The van der Waals surface area contributed by atoms with Gasteiger partial charge in [0.1, 0.15) is 15.6 Å². The highest BCUT2D eigenvalue weighted by molar-refractivity contribution is 7.91. The third-order valence-corrected chi connectivity index (χ3v) is 6.08. The van der Waals surface area contributed by atoms with Gasteiger partial charge >= 0.3 is 11.9 Å². The van der Waals surface area contributed by atoms with Gasteiger partial charge in [-0.2, -0.15) is 4.31 Å². The van der Waals surface area contributed by atoms with Crippen LogP contribution in [0.15, 0.2) is 16.3 Å². The molecule has 0 spiro atoms. The molecule has 0 amide bonds. The molecule has 0 atom stereocenters. The van der Waals surface area contributed by atoms with E-state index in [0.717, 1.165) is 4.31 Å². The normalized spacial score (nSPS) is 11.9. The molecule has 0 saturated heterocycles. The fourth-order valence-electron chi connectivity index (χ4n) is 1.57. The number of carbonyl (C=O) groups is 2. The van der Waals surface area contributed by atoms with E-state index in [9.17, 15) is 18.0 Å². The van der Waals surface area contributed by atoms with Crippen LogP contribution in [0.2, 0.25) is 0 Å². The number of sulfonamides is 1. The minimum atomic E-state index is -3.94. The Morgan fingerprint density at radius 3 is 2.43 bits per heavy atom. The van der Waals surface area contributed by atoms with Gasteiger partial charge in [0.25, 0.3) is 10.0 Å². The molecule has 0 radical (unpaired) electrons. The molecule has 0 aromatic carbocycles. The van der Waals surface area contributed by atoms with Gasteiger partial charge in [-0.25, -0.2) is 13.2 Å². The minimum Gasteiger partial charge on any atom is -0.477 e. The largest absolute Gasteiger partial charge is 0.477 e. The molecule has 0 aliphatic heterocycles. The Morgan fingerprint density at radius 2 is 2.00 bits per heavy atom. The topological polar surface area (TPSA) is 101 Å². The van der Waals surface area contributed by atoms with Crippen LogP contribution in [0.5, 0.6) is 0 Å². The number of ether oxygens (including phenoxy) is 1. The molecule has 1 aromatic rings. The summed E-state index contributed by atoms with van der Waals surface area (Å²) in [6.45, 7) is 4.64. The highest BCUT2D eigenvalue weighted by atomic mass is 32.2. The lowest BCUT2D eigenvalue weighted by molar-refractivity contribution is -0.143. The lowest BCUT2D eigenvalue weighted by Crippen LogP contribution is -2.40. The second-order valence-electron chi connectivity index (χ2n) is 4.37. The Labute approximate surface area is 127 Å². The van der Waals surface area contributed by atoms with Gasteiger partial charge in [0.05, 0.1) is 6.61 Å². The monoisotopic (exact) mass is 335 g/mol. The van der Waals surface area contributed by atoms with E-state index in [1.54, 1.807) is 20.8 Å². The molecular weight excluding hydrogens is 318 g/mol. The van der Waals surface area contributed by atoms with Crippen molar-refractivity contribution in [1.29, 1.82) is 0 Å². The van der Waals surface area contributed by atoms with Crippen molar-refractivity contribution in [3.8, 4) is 0 Å². The molecule has 1 heterocycles. The first-order valence-corrected chi connectivity index (χ1v) is 8.46. The molecule has 0 aliphatic carbocycles. The summed E-state index contributed by atoms with van der Waals surface area (Å²) >= 11 is 0.653. The average molecular weight is 335 g/mol. The number of hydrogen-bond acceptors (Lipinski definition) is 6. The highest BCUT2D eigenvalue weighted by Gasteiger charge is 2.31. The molecular formula is C12H17NO6S2. The summed E-state index contributed by atoms with van der Waals surface area (Å²) in [6.07, 6.45) is 0. The molecule has 7 nitrogen and oxygen atoms in total. The molecule has 0 saturated carbocycles. The van der Waals surface area contributed by atoms with E-state index in [-0.39, 0.29) is 15.7 Å². The fraction of sp³-hybridized carbons (Fsp3) is 0.500. The molecule has 0 fully saturated rings. The Kier molecular flexibility index (Phi) is 5.87. The first kappa shape index (κ1) is 17.6. The molecule has 1 rings (SSSR count). The molecule has 1 N–H and O–H groups in total. The maximum absolute atomic E-state index is 12.5. The fourth-order valence-corrected chi connectivity index (χ4v) is 4.42. The van der Waals surface area contributed by atoms with E-state index < -0.39 is 34.5 Å². The molecule has 21 heavy (non-hydrogen) atoms. The van der Waals surface area contributed by atoms with Crippen LogP contribution in [0.25, 0.3) is 0 Å². The standard InChI is InChI=1S/C12H17NO6S2/c1-4-19-10(14)7-13(8(2)3)21(17,18)11-6-5-9(20-11)12(15)16/h5-6,8H,4,7H2,1-3H3,(H,15,16). The first-order chi connectivity index (χ1) is 9.70. The van der Waals surface area contributed by atoms with Crippen molar-refractivity contribution in [2.45, 2.75) is 31.0 Å². The molecule has 1 aromatic heterocycles. The van der Waals surface area contributed by atoms with E-state index in [1.165, 1.54) is 12.1 Å². The SMILES string of the molecule is CCOC(=O)CN(C(C)C)S(=O)(=O)c1ccc(C(=O)O)s1. The Bertz CT molecular complexity index is 619. The number of hydrogen-bond donors (Lipinski definition) is 1. The van der Waals surface area contributed by atoms with E-state index in [0.29, 0.717) is 11.3 Å².